The molecule has 0 saturated carbocycles. The van der Waals surface area contributed by atoms with Gasteiger partial charge in [-0.1, -0.05) is 18.2 Å². The molecule has 1 N–H and O–H groups in total. The molecule has 4 aromatic heterocycles. The minimum atomic E-state index is -0.180. The van der Waals surface area contributed by atoms with Gasteiger partial charge in [-0.2, -0.15) is 0 Å². The number of anilines is 1. The lowest BCUT2D eigenvalue weighted by atomic mass is 10.0. The number of carbonyl (C=O) groups excluding carboxylic acids is 1. The van der Waals surface area contributed by atoms with Crippen molar-refractivity contribution in [2.24, 2.45) is 0 Å². The quantitative estimate of drug-likeness (QED) is 0.450. The van der Waals surface area contributed by atoms with Crippen LogP contribution in [0, 0.1) is 6.92 Å². The van der Waals surface area contributed by atoms with Gasteiger partial charge in [0, 0.05) is 43.0 Å². The molecule has 1 aliphatic heterocycles. The highest BCUT2D eigenvalue weighted by atomic mass is 16.2. The fourth-order valence-corrected chi connectivity index (χ4v) is 4.95. The third-order valence-corrected chi connectivity index (χ3v) is 6.65. The molecule has 9 heteroatoms. The molecule has 0 aliphatic carbocycles. The molecule has 1 aliphatic rings. The molecule has 5 heterocycles. The summed E-state index contributed by atoms with van der Waals surface area (Å²) in [6.45, 7) is 3.44. The van der Waals surface area contributed by atoms with E-state index < -0.39 is 0 Å². The van der Waals surface area contributed by atoms with Crippen molar-refractivity contribution >= 4 is 33.8 Å². The van der Waals surface area contributed by atoms with Crippen molar-refractivity contribution in [1.82, 2.24) is 29.1 Å². The Morgan fingerprint density at radius 1 is 1.03 bits per heavy atom. The Kier molecular flexibility index (Phi) is 4.75. The second kappa shape index (κ2) is 7.95. The van der Waals surface area contributed by atoms with Crippen molar-refractivity contribution in [3.63, 3.8) is 0 Å². The largest absolute Gasteiger partial charge is 0.356 e. The molecule has 1 aromatic carbocycles. The van der Waals surface area contributed by atoms with Crippen LogP contribution < -0.4 is 10.6 Å². The zero-order valence-corrected chi connectivity index (χ0v) is 18.7. The molecule has 0 spiro atoms. The molecule has 6 rings (SSSR count). The Labute approximate surface area is 194 Å². The molecule has 34 heavy (non-hydrogen) atoms. The highest BCUT2D eigenvalue weighted by Crippen LogP contribution is 2.27. The fourth-order valence-electron chi connectivity index (χ4n) is 4.95. The van der Waals surface area contributed by atoms with E-state index in [1.807, 2.05) is 54.1 Å². The molecule has 0 bridgehead atoms. The van der Waals surface area contributed by atoms with Gasteiger partial charge in [0.25, 0.3) is 5.91 Å². The van der Waals surface area contributed by atoms with E-state index in [2.05, 4.69) is 24.8 Å². The van der Waals surface area contributed by atoms with Crippen molar-refractivity contribution in [2.45, 2.75) is 25.8 Å². The van der Waals surface area contributed by atoms with Crippen molar-refractivity contribution in [3.05, 3.63) is 82.9 Å². The number of fused-ring (bicyclic) bond motifs is 2. The van der Waals surface area contributed by atoms with Gasteiger partial charge >= 0.3 is 5.69 Å². The van der Waals surface area contributed by atoms with E-state index in [9.17, 15) is 9.59 Å². The maximum Gasteiger partial charge on any atom is 0.327 e. The van der Waals surface area contributed by atoms with Crippen LogP contribution in [0.3, 0.4) is 0 Å². The molecule has 9 nitrogen and oxygen atoms in total. The Hall–Kier alpha value is -4.27. The normalized spacial score (nSPS) is 14.8. The standard InChI is InChI=1S/C25H23N7O2/c1-16-14-31(20-6-3-2-5-18(16)20)24(33)19-13-22(28-15-27-19)30-11-8-17(9-12-30)32-21-7-4-10-26-23(21)29-25(32)34/h2-7,10,13-15,17H,8-9,11-12H2,1H3,(H,26,29,34). The summed E-state index contributed by atoms with van der Waals surface area (Å²) in [5.41, 5.74) is 3.58. The SMILES string of the molecule is Cc1cn(C(=O)c2cc(N3CCC(n4c(=O)[nH]c5ncccc54)CC3)ncn2)c2ccccc12. The zero-order valence-electron chi connectivity index (χ0n) is 18.7. The molecule has 1 saturated heterocycles. The van der Waals surface area contributed by atoms with Crippen LogP contribution in [-0.4, -0.2) is 48.1 Å². The van der Waals surface area contributed by atoms with Gasteiger partial charge in [-0.05, 0) is 43.5 Å². The number of hydrogen-bond donors (Lipinski definition) is 1. The molecule has 170 valence electrons. The lowest BCUT2D eigenvalue weighted by Gasteiger charge is -2.33. The second-order valence-electron chi connectivity index (χ2n) is 8.66. The van der Waals surface area contributed by atoms with Crippen LogP contribution in [0.2, 0.25) is 0 Å². The lowest BCUT2D eigenvalue weighted by Crippen LogP contribution is -2.37. The van der Waals surface area contributed by atoms with E-state index in [-0.39, 0.29) is 17.6 Å². The van der Waals surface area contributed by atoms with Crippen molar-refractivity contribution in [2.75, 3.05) is 18.0 Å². The van der Waals surface area contributed by atoms with Crippen LogP contribution in [0.5, 0.6) is 0 Å². The molecular weight excluding hydrogens is 430 g/mol. The van der Waals surface area contributed by atoms with Crippen LogP contribution >= 0.6 is 0 Å². The first-order chi connectivity index (χ1) is 16.6. The third kappa shape index (κ3) is 3.28. The summed E-state index contributed by atoms with van der Waals surface area (Å²) >= 11 is 0. The van der Waals surface area contributed by atoms with Gasteiger partial charge < -0.3 is 4.90 Å². The third-order valence-electron chi connectivity index (χ3n) is 6.65. The number of hydrogen-bond acceptors (Lipinski definition) is 6. The topological polar surface area (TPSA) is 102 Å². The minimum Gasteiger partial charge on any atom is -0.356 e. The van der Waals surface area contributed by atoms with Gasteiger partial charge in [-0.3, -0.25) is 18.9 Å². The number of aromatic nitrogens is 6. The predicted molar refractivity (Wildman–Crippen MR) is 129 cm³/mol. The average Bonchev–Trinajstić information content (AvgIpc) is 3.40. The first kappa shape index (κ1) is 20.3. The number of piperidine rings is 1. The first-order valence-electron chi connectivity index (χ1n) is 11.3. The monoisotopic (exact) mass is 453 g/mol. The molecule has 0 unspecified atom stereocenters. The van der Waals surface area contributed by atoms with Gasteiger partial charge in [0.1, 0.15) is 17.8 Å². The highest BCUT2D eigenvalue weighted by molar-refractivity contribution is 6.02. The van der Waals surface area contributed by atoms with E-state index in [0.717, 1.165) is 53.7 Å². The number of nitrogens with zero attached hydrogens (tertiary/aromatic N) is 6. The maximum atomic E-state index is 13.3. The van der Waals surface area contributed by atoms with Crippen LogP contribution in [0.15, 0.2) is 66.0 Å². The van der Waals surface area contributed by atoms with Gasteiger partial charge in [-0.25, -0.2) is 19.7 Å². The number of rotatable bonds is 3. The van der Waals surface area contributed by atoms with E-state index in [0.29, 0.717) is 11.3 Å². The van der Waals surface area contributed by atoms with Gasteiger partial charge in [-0.15, -0.1) is 0 Å². The Balaban J connectivity index is 1.24. The van der Waals surface area contributed by atoms with Gasteiger partial charge in [0.05, 0.1) is 11.0 Å². The molecule has 5 aromatic rings. The number of pyridine rings is 1. The summed E-state index contributed by atoms with van der Waals surface area (Å²) in [6, 6.07) is 13.5. The van der Waals surface area contributed by atoms with Crippen LogP contribution in [0.25, 0.3) is 22.1 Å². The number of H-pyrrole nitrogens is 1. The summed E-state index contributed by atoms with van der Waals surface area (Å²) in [6.07, 6.45) is 6.56. The molecule has 0 amide bonds. The van der Waals surface area contributed by atoms with E-state index in [1.165, 1.54) is 6.33 Å². The van der Waals surface area contributed by atoms with Gasteiger partial charge in [0.15, 0.2) is 5.65 Å². The smallest absolute Gasteiger partial charge is 0.327 e. The van der Waals surface area contributed by atoms with Crippen molar-refractivity contribution in [3.8, 4) is 0 Å². The number of carbonyl (C=O) groups is 1. The number of aromatic amines is 1. The number of benzene rings is 1. The fraction of sp³-hybridized carbons (Fsp3) is 0.240. The van der Waals surface area contributed by atoms with Crippen LogP contribution in [0.4, 0.5) is 5.82 Å². The minimum absolute atomic E-state index is 0.0823. The average molecular weight is 454 g/mol. The summed E-state index contributed by atoms with van der Waals surface area (Å²) in [5, 5.41) is 1.05. The number of para-hydroxylation sites is 1. The predicted octanol–water partition coefficient (Wildman–Crippen LogP) is 3.31. The number of aryl methyl sites for hydroxylation is 1. The Morgan fingerprint density at radius 3 is 2.68 bits per heavy atom. The molecule has 1 fully saturated rings. The highest BCUT2D eigenvalue weighted by Gasteiger charge is 2.25. The van der Waals surface area contributed by atoms with Crippen LogP contribution in [0.1, 0.15) is 34.9 Å². The van der Waals surface area contributed by atoms with Gasteiger partial charge in [0.2, 0.25) is 0 Å². The summed E-state index contributed by atoms with van der Waals surface area (Å²) in [4.78, 5) is 43.7. The number of nitrogens with one attached hydrogen (secondary N) is 1. The van der Waals surface area contributed by atoms with Crippen molar-refractivity contribution in [1.29, 1.82) is 0 Å². The molecule has 0 atom stereocenters. The Bertz CT molecular complexity index is 1590. The van der Waals surface area contributed by atoms with Crippen molar-refractivity contribution < 1.29 is 4.79 Å². The summed E-state index contributed by atoms with van der Waals surface area (Å²) < 4.78 is 3.47. The zero-order chi connectivity index (χ0) is 23.2. The maximum absolute atomic E-state index is 13.3. The van der Waals surface area contributed by atoms with Crippen LogP contribution in [-0.2, 0) is 0 Å². The molecular formula is C25H23N7O2. The summed E-state index contributed by atoms with van der Waals surface area (Å²) in [5.74, 6) is 0.540. The first-order valence-corrected chi connectivity index (χ1v) is 11.3. The number of imidazole rings is 1. The van der Waals surface area contributed by atoms with E-state index >= 15 is 0 Å². The van der Waals surface area contributed by atoms with E-state index in [4.69, 9.17) is 0 Å². The second-order valence-corrected chi connectivity index (χ2v) is 8.66. The Morgan fingerprint density at radius 2 is 1.82 bits per heavy atom. The lowest BCUT2D eigenvalue weighted by molar-refractivity contribution is 0.0959. The van der Waals surface area contributed by atoms with E-state index in [1.54, 1.807) is 16.8 Å². The summed E-state index contributed by atoms with van der Waals surface area (Å²) in [7, 11) is 0. The molecule has 0 radical (unpaired) electrons.